The van der Waals surface area contributed by atoms with Crippen molar-refractivity contribution < 1.29 is 9.84 Å². The van der Waals surface area contributed by atoms with E-state index in [0.717, 1.165) is 43.6 Å². The van der Waals surface area contributed by atoms with Gasteiger partial charge in [-0.25, -0.2) is 0 Å². The van der Waals surface area contributed by atoms with Crippen molar-refractivity contribution in [3.63, 3.8) is 0 Å². The fourth-order valence-electron chi connectivity index (χ4n) is 1.66. The van der Waals surface area contributed by atoms with Gasteiger partial charge in [0, 0.05) is 13.0 Å². The van der Waals surface area contributed by atoms with Gasteiger partial charge in [0.05, 0.1) is 11.6 Å². The number of benzene rings is 1. The second-order valence-corrected chi connectivity index (χ2v) is 4.80. The molecule has 0 aliphatic heterocycles. The van der Waals surface area contributed by atoms with E-state index in [-0.39, 0.29) is 6.61 Å². The smallest absolute Gasteiger partial charge is 0.119 e. The number of aliphatic hydroxyl groups is 1. The van der Waals surface area contributed by atoms with Gasteiger partial charge < -0.3 is 15.6 Å². The van der Waals surface area contributed by atoms with Crippen LogP contribution >= 0.6 is 12.2 Å². The quantitative estimate of drug-likeness (QED) is 0.533. The molecule has 0 atom stereocenters. The summed E-state index contributed by atoms with van der Waals surface area (Å²) in [5.41, 5.74) is 6.59. The molecule has 100 valence electrons. The molecule has 1 rings (SSSR count). The molecule has 0 bridgehead atoms. The number of unbranched alkanes of at least 4 members (excludes halogenated alkanes) is 3. The predicted octanol–water partition coefficient (Wildman–Crippen LogP) is 2.45. The lowest BCUT2D eigenvalue weighted by Crippen LogP contribution is -2.10. The van der Waals surface area contributed by atoms with Crippen LogP contribution in [0.15, 0.2) is 24.3 Å². The Morgan fingerprint density at radius 3 is 2.39 bits per heavy atom. The van der Waals surface area contributed by atoms with Crippen molar-refractivity contribution in [2.24, 2.45) is 5.73 Å². The van der Waals surface area contributed by atoms with Crippen LogP contribution in [0, 0.1) is 0 Å². The van der Waals surface area contributed by atoms with Crippen molar-refractivity contribution >= 4 is 17.2 Å². The third kappa shape index (κ3) is 6.57. The van der Waals surface area contributed by atoms with Gasteiger partial charge in [0.2, 0.25) is 0 Å². The van der Waals surface area contributed by atoms with Crippen LogP contribution in [0.25, 0.3) is 0 Å². The SMILES string of the molecule is NC(=S)Cc1ccc(OCCCCCCO)cc1. The highest BCUT2D eigenvalue weighted by Gasteiger charge is 1.97. The van der Waals surface area contributed by atoms with Crippen LogP contribution in [0.2, 0.25) is 0 Å². The van der Waals surface area contributed by atoms with E-state index < -0.39 is 0 Å². The molecular weight excluding hydrogens is 246 g/mol. The number of thiocarbonyl (C=S) groups is 1. The van der Waals surface area contributed by atoms with E-state index in [1.54, 1.807) is 0 Å². The Morgan fingerprint density at radius 2 is 1.78 bits per heavy atom. The molecule has 0 radical (unpaired) electrons. The maximum Gasteiger partial charge on any atom is 0.119 e. The van der Waals surface area contributed by atoms with Crippen LogP contribution in [-0.4, -0.2) is 23.3 Å². The number of hydrogen-bond acceptors (Lipinski definition) is 3. The van der Waals surface area contributed by atoms with E-state index in [9.17, 15) is 0 Å². The van der Waals surface area contributed by atoms with E-state index in [4.69, 9.17) is 27.8 Å². The molecule has 4 heteroatoms. The molecular formula is C14H21NO2S. The molecule has 3 N–H and O–H groups in total. The first-order valence-electron chi connectivity index (χ1n) is 6.33. The summed E-state index contributed by atoms with van der Waals surface area (Å²) in [6.45, 7) is 1.01. The molecule has 0 heterocycles. The van der Waals surface area contributed by atoms with Gasteiger partial charge >= 0.3 is 0 Å². The number of hydrogen-bond donors (Lipinski definition) is 2. The molecule has 0 aliphatic carbocycles. The van der Waals surface area contributed by atoms with Gasteiger partial charge in [-0.3, -0.25) is 0 Å². The topological polar surface area (TPSA) is 55.5 Å². The maximum atomic E-state index is 8.64. The Labute approximate surface area is 114 Å². The zero-order chi connectivity index (χ0) is 13.2. The van der Waals surface area contributed by atoms with Gasteiger partial charge in [-0.1, -0.05) is 30.8 Å². The lowest BCUT2D eigenvalue weighted by atomic mass is 10.1. The molecule has 0 saturated carbocycles. The zero-order valence-electron chi connectivity index (χ0n) is 10.6. The minimum atomic E-state index is 0.283. The van der Waals surface area contributed by atoms with Gasteiger partial charge in [-0.2, -0.15) is 0 Å². The van der Waals surface area contributed by atoms with Crippen LogP contribution in [-0.2, 0) is 6.42 Å². The number of rotatable bonds is 9. The lowest BCUT2D eigenvalue weighted by Gasteiger charge is -2.07. The maximum absolute atomic E-state index is 8.64. The summed E-state index contributed by atoms with van der Waals surface area (Å²) < 4.78 is 5.62. The van der Waals surface area contributed by atoms with Crippen LogP contribution < -0.4 is 10.5 Å². The molecule has 3 nitrogen and oxygen atoms in total. The van der Waals surface area contributed by atoms with Crippen LogP contribution in [0.4, 0.5) is 0 Å². The van der Waals surface area contributed by atoms with Crippen molar-refractivity contribution in [1.29, 1.82) is 0 Å². The third-order valence-corrected chi connectivity index (χ3v) is 2.77. The van der Waals surface area contributed by atoms with Gasteiger partial charge in [0.25, 0.3) is 0 Å². The Morgan fingerprint density at radius 1 is 1.11 bits per heavy atom. The zero-order valence-corrected chi connectivity index (χ0v) is 11.4. The molecule has 0 amide bonds. The molecule has 0 unspecified atom stereocenters. The molecule has 0 fully saturated rings. The van der Waals surface area contributed by atoms with Gasteiger partial charge in [0.1, 0.15) is 5.75 Å². The summed E-state index contributed by atoms with van der Waals surface area (Å²) in [5, 5.41) is 8.64. The predicted molar refractivity (Wildman–Crippen MR) is 78.0 cm³/mol. The van der Waals surface area contributed by atoms with Crippen molar-refractivity contribution in [1.82, 2.24) is 0 Å². The Bertz CT molecular complexity index is 351. The Kier molecular flexibility index (Phi) is 7.37. The second kappa shape index (κ2) is 8.89. The van der Waals surface area contributed by atoms with Gasteiger partial charge in [0.15, 0.2) is 0 Å². The summed E-state index contributed by atoms with van der Waals surface area (Å²) >= 11 is 4.86. The highest BCUT2D eigenvalue weighted by Crippen LogP contribution is 2.13. The number of aliphatic hydroxyl groups excluding tert-OH is 1. The fourth-order valence-corrected chi connectivity index (χ4v) is 1.83. The summed E-state index contributed by atoms with van der Waals surface area (Å²) in [6, 6.07) is 7.86. The molecule has 18 heavy (non-hydrogen) atoms. The monoisotopic (exact) mass is 267 g/mol. The van der Waals surface area contributed by atoms with E-state index >= 15 is 0 Å². The van der Waals surface area contributed by atoms with E-state index in [0.29, 0.717) is 11.4 Å². The first kappa shape index (κ1) is 14.9. The van der Waals surface area contributed by atoms with Crippen LogP contribution in [0.1, 0.15) is 31.2 Å². The van der Waals surface area contributed by atoms with Crippen LogP contribution in [0.5, 0.6) is 5.75 Å². The first-order chi connectivity index (χ1) is 8.72. The molecule has 0 aromatic heterocycles. The summed E-state index contributed by atoms with van der Waals surface area (Å²) in [7, 11) is 0. The average molecular weight is 267 g/mol. The standard InChI is InChI=1S/C14H21NO2S/c15-14(18)11-12-5-7-13(8-6-12)17-10-4-2-1-3-9-16/h5-8,16H,1-4,9-11H2,(H2,15,18). The Hall–Kier alpha value is -1.13. The third-order valence-electron chi connectivity index (χ3n) is 2.62. The molecule has 1 aromatic rings. The number of ether oxygens (including phenoxy) is 1. The summed E-state index contributed by atoms with van der Waals surface area (Å²) in [6.07, 6.45) is 4.70. The lowest BCUT2D eigenvalue weighted by molar-refractivity contribution is 0.273. The highest BCUT2D eigenvalue weighted by molar-refractivity contribution is 7.80. The van der Waals surface area contributed by atoms with Crippen molar-refractivity contribution in [2.75, 3.05) is 13.2 Å². The van der Waals surface area contributed by atoms with Crippen molar-refractivity contribution in [3.8, 4) is 5.75 Å². The summed E-state index contributed by atoms with van der Waals surface area (Å²) in [5.74, 6) is 0.879. The fraction of sp³-hybridized carbons (Fsp3) is 0.500. The van der Waals surface area contributed by atoms with Crippen molar-refractivity contribution in [2.45, 2.75) is 32.1 Å². The normalized spacial score (nSPS) is 10.3. The van der Waals surface area contributed by atoms with Crippen molar-refractivity contribution in [3.05, 3.63) is 29.8 Å². The summed E-state index contributed by atoms with van der Waals surface area (Å²) in [4.78, 5) is 0.507. The van der Waals surface area contributed by atoms with E-state index in [2.05, 4.69) is 0 Å². The average Bonchev–Trinajstić information content (AvgIpc) is 2.35. The first-order valence-corrected chi connectivity index (χ1v) is 6.74. The largest absolute Gasteiger partial charge is 0.494 e. The molecule has 0 aliphatic rings. The molecule has 0 saturated heterocycles. The van der Waals surface area contributed by atoms with Gasteiger partial charge in [-0.15, -0.1) is 0 Å². The van der Waals surface area contributed by atoms with E-state index in [1.807, 2.05) is 24.3 Å². The minimum absolute atomic E-state index is 0.283. The number of nitrogens with two attached hydrogens (primary N) is 1. The Balaban J connectivity index is 2.20. The minimum Gasteiger partial charge on any atom is -0.494 e. The highest BCUT2D eigenvalue weighted by atomic mass is 32.1. The molecule has 0 spiro atoms. The van der Waals surface area contributed by atoms with E-state index in [1.165, 1.54) is 0 Å². The molecule has 1 aromatic carbocycles. The van der Waals surface area contributed by atoms with Gasteiger partial charge in [-0.05, 0) is 37.0 Å². The van der Waals surface area contributed by atoms with Crippen LogP contribution in [0.3, 0.4) is 0 Å². The second-order valence-electron chi connectivity index (χ2n) is 4.27.